The van der Waals surface area contributed by atoms with Crippen LogP contribution in [0.2, 0.25) is 0 Å². The lowest BCUT2D eigenvalue weighted by Gasteiger charge is -2.35. The largest absolute Gasteiger partial charge is 0.351 e. The topological polar surface area (TPSA) is 54.9 Å². The summed E-state index contributed by atoms with van der Waals surface area (Å²) in [7, 11) is 0. The summed E-state index contributed by atoms with van der Waals surface area (Å²) < 4.78 is 3.87. The van der Waals surface area contributed by atoms with Crippen LogP contribution in [-0.4, -0.2) is 27.4 Å². The maximum absolute atomic E-state index is 12.2. The van der Waals surface area contributed by atoms with Crippen LogP contribution in [0, 0.1) is 5.41 Å². The van der Waals surface area contributed by atoms with Crippen LogP contribution in [0.4, 0.5) is 0 Å². The summed E-state index contributed by atoms with van der Waals surface area (Å²) in [6.45, 7) is 2.74. The van der Waals surface area contributed by atoms with Crippen molar-refractivity contribution in [1.82, 2.24) is 14.9 Å². The predicted octanol–water partition coefficient (Wildman–Crippen LogP) is 3.18. The molecular formula is C13H20BrN3OS. The summed E-state index contributed by atoms with van der Waals surface area (Å²) >= 11 is 4.81. The molecule has 0 spiro atoms. The summed E-state index contributed by atoms with van der Waals surface area (Å²) in [6, 6.07) is 0. The van der Waals surface area contributed by atoms with Crippen LogP contribution in [-0.2, 0) is 6.42 Å². The van der Waals surface area contributed by atoms with Crippen LogP contribution >= 0.6 is 27.5 Å². The number of carbonyl (C=O) groups is 1. The number of hydrogen-bond acceptors (Lipinski definition) is 4. The molecule has 0 unspecified atom stereocenters. The van der Waals surface area contributed by atoms with E-state index in [0.29, 0.717) is 4.88 Å². The first-order valence-electron chi connectivity index (χ1n) is 6.86. The van der Waals surface area contributed by atoms with E-state index in [4.69, 9.17) is 0 Å². The zero-order valence-electron chi connectivity index (χ0n) is 11.2. The van der Waals surface area contributed by atoms with Gasteiger partial charge in [0.1, 0.15) is 4.88 Å². The van der Waals surface area contributed by atoms with Crippen LogP contribution < -0.4 is 5.32 Å². The molecule has 1 fully saturated rings. The van der Waals surface area contributed by atoms with Crippen LogP contribution in [0.5, 0.6) is 0 Å². The van der Waals surface area contributed by atoms with Gasteiger partial charge in [0, 0.05) is 11.9 Å². The Morgan fingerprint density at radius 3 is 2.79 bits per heavy atom. The fourth-order valence-electron chi connectivity index (χ4n) is 2.62. The van der Waals surface area contributed by atoms with Crippen molar-refractivity contribution in [3.8, 4) is 0 Å². The number of alkyl halides is 1. The molecule has 0 bridgehead atoms. The highest BCUT2D eigenvalue weighted by molar-refractivity contribution is 9.09. The Morgan fingerprint density at radius 1 is 1.42 bits per heavy atom. The lowest BCUT2D eigenvalue weighted by molar-refractivity contribution is 0.0925. The highest BCUT2D eigenvalue weighted by Gasteiger charge is 2.31. The molecule has 0 saturated heterocycles. The third-order valence-corrected chi connectivity index (χ3v) is 5.87. The second-order valence-electron chi connectivity index (χ2n) is 5.28. The fourth-order valence-corrected chi connectivity index (χ4v) is 4.05. The highest BCUT2D eigenvalue weighted by atomic mass is 79.9. The molecule has 1 amide bonds. The molecule has 19 heavy (non-hydrogen) atoms. The van der Waals surface area contributed by atoms with E-state index in [0.717, 1.165) is 24.0 Å². The lowest BCUT2D eigenvalue weighted by Crippen LogP contribution is -2.40. The number of aryl methyl sites for hydroxylation is 1. The zero-order chi connectivity index (χ0) is 13.7. The number of aromatic nitrogens is 2. The molecule has 1 aliphatic rings. The molecule has 1 heterocycles. The van der Waals surface area contributed by atoms with E-state index in [1.165, 1.54) is 43.6 Å². The highest BCUT2D eigenvalue weighted by Crippen LogP contribution is 2.37. The van der Waals surface area contributed by atoms with Gasteiger partial charge in [0.2, 0.25) is 0 Å². The van der Waals surface area contributed by atoms with Crippen molar-refractivity contribution in [1.29, 1.82) is 0 Å². The van der Waals surface area contributed by atoms with Gasteiger partial charge in [-0.1, -0.05) is 46.6 Å². The average molecular weight is 346 g/mol. The lowest BCUT2D eigenvalue weighted by atomic mass is 9.75. The third kappa shape index (κ3) is 3.54. The number of amides is 1. The molecule has 1 N–H and O–H groups in total. The fraction of sp³-hybridized carbons (Fsp3) is 0.769. The van der Waals surface area contributed by atoms with Crippen molar-refractivity contribution >= 4 is 33.4 Å². The van der Waals surface area contributed by atoms with Crippen molar-refractivity contribution in [3.63, 3.8) is 0 Å². The Balaban J connectivity index is 1.95. The molecule has 1 saturated carbocycles. The Hall–Kier alpha value is -0.490. The second kappa shape index (κ2) is 6.79. The first kappa shape index (κ1) is 14.9. The van der Waals surface area contributed by atoms with E-state index in [9.17, 15) is 4.79 Å². The quantitative estimate of drug-likeness (QED) is 0.833. The van der Waals surface area contributed by atoms with Gasteiger partial charge in [-0.15, -0.1) is 5.10 Å². The molecular weight excluding hydrogens is 326 g/mol. The minimum absolute atomic E-state index is 0.0160. The van der Waals surface area contributed by atoms with Gasteiger partial charge in [-0.3, -0.25) is 4.79 Å². The maximum atomic E-state index is 12.2. The molecule has 6 heteroatoms. The molecule has 1 aromatic rings. The van der Waals surface area contributed by atoms with Gasteiger partial charge in [0.15, 0.2) is 0 Å². The van der Waals surface area contributed by atoms with E-state index >= 15 is 0 Å². The van der Waals surface area contributed by atoms with Gasteiger partial charge in [-0.2, -0.15) is 0 Å². The maximum Gasteiger partial charge on any atom is 0.264 e. The standard InChI is InChI=1S/C13H20BrN3OS/c1-2-10-11(19-17-16-10)12(18)15-9-13(8-14)6-4-3-5-7-13/h2-9H2,1H3,(H,15,18). The molecule has 2 rings (SSSR count). The smallest absolute Gasteiger partial charge is 0.264 e. The van der Waals surface area contributed by atoms with Crippen LogP contribution in [0.25, 0.3) is 0 Å². The van der Waals surface area contributed by atoms with Crippen LogP contribution in [0.3, 0.4) is 0 Å². The Kier molecular flexibility index (Phi) is 5.33. The first-order valence-corrected chi connectivity index (χ1v) is 8.75. The van der Waals surface area contributed by atoms with Crippen LogP contribution in [0.15, 0.2) is 0 Å². The van der Waals surface area contributed by atoms with Gasteiger partial charge >= 0.3 is 0 Å². The number of carbonyl (C=O) groups excluding carboxylic acids is 1. The molecule has 0 aromatic carbocycles. The van der Waals surface area contributed by atoms with Gasteiger partial charge in [0.25, 0.3) is 5.91 Å². The SMILES string of the molecule is CCc1nnsc1C(=O)NCC1(CBr)CCCCC1. The molecule has 106 valence electrons. The molecule has 0 radical (unpaired) electrons. The van der Waals surface area contributed by atoms with Crippen molar-refractivity contribution in [2.45, 2.75) is 45.4 Å². The van der Waals surface area contributed by atoms with Gasteiger partial charge in [0.05, 0.1) is 5.69 Å². The average Bonchev–Trinajstić information content (AvgIpc) is 2.94. The summed E-state index contributed by atoms with van der Waals surface area (Å²) in [5, 5.41) is 8.03. The van der Waals surface area contributed by atoms with Crippen molar-refractivity contribution < 1.29 is 4.79 Å². The minimum Gasteiger partial charge on any atom is -0.351 e. The number of hydrogen-bond donors (Lipinski definition) is 1. The Morgan fingerprint density at radius 2 is 2.16 bits per heavy atom. The zero-order valence-corrected chi connectivity index (χ0v) is 13.6. The van der Waals surface area contributed by atoms with E-state index in [1.54, 1.807) is 0 Å². The summed E-state index contributed by atoms with van der Waals surface area (Å²) in [5.74, 6) is -0.0160. The minimum atomic E-state index is -0.0160. The molecule has 0 atom stereocenters. The van der Waals surface area contributed by atoms with Crippen molar-refractivity contribution in [3.05, 3.63) is 10.6 Å². The summed E-state index contributed by atoms with van der Waals surface area (Å²) in [6.07, 6.45) is 7.00. The molecule has 0 aliphatic heterocycles. The summed E-state index contributed by atoms with van der Waals surface area (Å²) in [4.78, 5) is 12.9. The Bertz CT molecular complexity index is 429. The molecule has 1 aliphatic carbocycles. The predicted molar refractivity (Wildman–Crippen MR) is 80.9 cm³/mol. The van der Waals surface area contributed by atoms with Gasteiger partial charge in [-0.25, -0.2) is 0 Å². The van der Waals surface area contributed by atoms with Crippen LogP contribution in [0.1, 0.15) is 54.4 Å². The normalized spacial score (nSPS) is 18.2. The van der Waals surface area contributed by atoms with Crippen molar-refractivity contribution in [2.24, 2.45) is 5.41 Å². The number of halogens is 1. The van der Waals surface area contributed by atoms with E-state index in [2.05, 4.69) is 30.8 Å². The third-order valence-electron chi connectivity index (χ3n) is 3.92. The first-order chi connectivity index (χ1) is 9.21. The second-order valence-corrected chi connectivity index (χ2v) is 6.59. The van der Waals surface area contributed by atoms with E-state index in [1.807, 2.05) is 6.92 Å². The van der Waals surface area contributed by atoms with Crippen molar-refractivity contribution in [2.75, 3.05) is 11.9 Å². The molecule has 4 nitrogen and oxygen atoms in total. The van der Waals surface area contributed by atoms with E-state index in [-0.39, 0.29) is 11.3 Å². The number of nitrogens with zero attached hydrogens (tertiary/aromatic N) is 2. The molecule has 1 aromatic heterocycles. The monoisotopic (exact) mass is 345 g/mol. The number of nitrogens with one attached hydrogen (secondary N) is 1. The Labute approximate surface area is 126 Å². The van der Waals surface area contributed by atoms with Gasteiger partial charge in [-0.05, 0) is 36.2 Å². The van der Waals surface area contributed by atoms with E-state index < -0.39 is 0 Å². The summed E-state index contributed by atoms with van der Waals surface area (Å²) in [5.41, 5.74) is 1.04. The van der Waals surface area contributed by atoms with Gasteiger partial charge < -0.3 is 5.32 Å². The number of rotatable bonds is 5.